The van der Waals surface area contributed by atoms with Gasteiger partial charge in [-0.15, -0.1) is 0 Å². The Balaban J connectivity index is 1.69. The van der Waals surface area contributed by atoms with E-state index in [-0.39, 0.29) is 11.7 Å². The predicted octanol–water partition coefficient (Wildman–Crippen LogP) is 2.48. The molecule has 0 aromatic carbocycles. The van der Waals surface area contributed by atoms with Crippen molar-refractivity contribution >= 4 is 5.91 Å². The Morgan fingerprint density at radius 3 is 2.87 bits per heavy atom. The van der Waals surface area contributed by atoms with Gasteiger partial charge in [0.05, 0.1) is 6.10 Å². The van der Waals surface area contributed by atoms with Crippen LogP contribution in [-0.2, 0) is 4.74 Å². The maximum Gasteiger partial charge on any atom is 0.287 e. The number of hydrogen-bond donors (Lipinski definition) is 2. The summed E-state index contributed by atoms with van der Waals surface area (Å²) in [6.45, 7) is 4.40. The van der Waals surface area contributed by atoms with E-state index in [0.717, 1.165) is 19.3 Å². The fourth-order valence-corrected chi connectivity index (χ4v) is 2.41. The van der Waals surface area contributed by atoms with E-state index in [4.69, 9.17) is 9.15 Å². The first kappa shape index (κ1) is 17.6. The Morgan fingerprint density at radius 2 is 2.17 bits per heavy atom. The average molecular weight is 319 g/mol. The lowest BCUT2D eigenvalue weighted by atomic mass is 10.1. The van der Waals surface area contributed by atoms with E-state index in [0.29, 0.717) is 25.0 Å². The highest BCUT2D eigenvalue weighted by Gasteiger charge is 2.15. The number of carbonyl (C=O) groups is 1. The third-order valence-corrected chi connectivity index (χ3v) is 3.58. The molecule has 5 nitrogen and oxygen atoms in total. The van der Waals surface area contributed by atoms with Crippen LogP contribution in [0, 0.1) is 11.8 Å². The molecule has 1 aliphatic rings. The van der Waals surface area contributed by atoms with Crippen LogP contribution in [0.1, 0.15) is 62.3 Å². The van der Waals surface area contributed by atoms with Gasteiger partial charge < -0.3 is 19.6 Å². The molecule has 0 unspecified atom stereocenters. The second-order valence-electron chi connectivity index (χ2n) is 6.36. The summed E-state index contributed by atoms with van der Waals surface area (Å²) >= 11 is 0. The standard InChI is InChI=1S/C18H25NO4/c1-18(2,21)11-10-15-8-9-16(23-15)17(20)19-12-5-13-22-14-6-3-4-7-14/h8-9,14,21H,3-7,12-13H2,1-2H3,(H,19,20). The zero-order valence-electron chi connectivity index (χ0n) is 13.9. The van der Waals surface area contributed by atoms with Crippen molar-refractivity contribution in [1.29, 1.82) is 0 Å². The molecular weight excluding hydrogens is 294 g/mol. The molecule has 2 N–H and O–H groups in total. The summed E-state index contributed by atoms with van der Waals surface area (Å²) in [4.78, 5) is 11.9. The van der Waals surface area contributed by atoms with Crippen LogP contribution in [0.2, 0.25) is 0 Å². The molecule has 1 amide bonds. The second-order valence-corrected chi connectivity index (χ2v) is 6.36. The highest BCUT2D eigenvalue weighted by Crippen LogP contribution is 2.20. The molecule has 0 saturated heterocycles. The minimum Gasteiger partial charge on any atom is -0.443 e. The number of nitrogens with one attached hydrogen (secondary N) is 1. The van der Waals surface area contributed by atoms with E-state index >= 15 is 0 Å². The zero-order chi connectivity index (χ0) is 16.7. The minimum atomic E-state index is -1.09. The number of rotatable bonds is 6. The van der Waals surface area contributed by atoms with Crippen molar-refractivity contribution in [2.24, 2.45) is 0 Å². The van der Waals surface area contributed by atoms with Crippen molar-refractivity contribution in [3.8, 4) is 11.8 Å². The number of carbonyl (C=O) groups excluding carboxylic acids is 1. The normalized spacial score (nSPS) is 15.3. The smallest absolute Gasteiger partial charge is 0.287 e. The first-order chi connectivity index (χ1) is 10.9. The summed E-state index contributed by atoms with van der Waals surface area (Å²) in [6, 6.07) is 3.20. The molecule has 1 aromatic rings. The van der Waals surface area contributed by atoms with Gasteiger partial charge in [0, 0.05) is 13.2 Å². The molecule has 0 radical (unpaired) electrons. The Labute approximate surface area is 137 Å². The van der Waals surface area contributed by atoms with Crippen molar-refractivity contribution in [3.05, 3.63) is 23.7 Å². The van der Waals surface area contributed by atoms with Gasteiger partial charge in [0.1, 0.15) is 5.60 Å². The summed E-state index contributed by atoms with van der Waals surface area (Å²) in [7, 11) is 0. The van der Waals surface area contributed by atoms with E-state index in [1.165, 1.54) is 12.8 Å². The van der Waals surface area contributed by atoms with E-state index in [1.54, 1.807) is 26.0 Å². The maximum absolute atomic E-state index is 11.9. The molecule has 5 heteroatoms. The fraction of sp³-hybridized carbons (Fsp3) is 0.611. The topological polar surface area (TPSA) is 71.7 Å². The molecule has 1 saturated carbocycles. The van der Waals surface area contributed by atoms with Crippen LogP contribution in [0.4, 0.5) is 0 Å². The lowest BCUT2D eigenvalue weighted by molar-refractivity contribution is 0.0564. The molecule has 1 heterocycles. The Bertz CT molecular complexity index is 568. The third-order valence-electron chi connectivity index (χ3n) is 3.58. The first-order valence-corrected chi connectivity index (χ1v) is 8.19. The van der Waals surface area contributed by atoms with Gasteiger partial charge in [-0.25, -0.2) is 0 Å². The molecule has 0 spiro atoms. The van der Waals surface area contributed by atoms with E-state index in [1.807, 2.05) is 0 Å². The van der Waals surface area contributed by atoms with E-state index in [9.17, 15) is 9.90 Å². The van der Waals surface area contributed by atoms with Crippen LogP contribution in [-0.4, -0.2) is 35.9 Å². The number of ether oxygens (including phenoxy) is 1. The minimum absolute atomic E-state index is 0.224. The van der Waals surface area contributed by atoms with Crippen LogP contribution in [0.25, 0.3) is 0 Å². The molecule has 23 heavy (non-hydrogen) atoms. The van der Waals surface area contributed by atoms with Gasteiger partial charge in [0.25, 0.3) is 5.91 Å². The number of aliphatic hydroxyl groups is 1. The number of hydrogen-bond acceptors (Lipinski definition) is 4. The highest BCUT2D eigenvalue weighted by atomic mass is 16.5. The van der Waals surface area contributed by atoms with Crippen molar-refractivity contribution < 1.29 is 19.1 Å². The van der Waals surface area contributed by atoms with Gasteiger partial charge in [-0.3, -0.25) is 4.79 Å². The molecule has 1 aromatic heterocycles. The number of amides is 1. The van der Waals surface area contributed by atoms with Crippen LogP contribution in [0.3, 0.4) is 0 Å². The van der Waals surface area contributed by atoms with Crippen molar-refractivity contribution in [2.75, 3.05) is 13.2 Å². The van der Waals surface area contributed by atoms with E-state index < -0.39 is 5.60 Å². The van der Waals surface area contributed by atoms with Crippen molar-refractivity contribution in [2.45, 2.75) is 57.7 Å². The van der Waals surface area contributed by atoms with Gasteiger partial charge in [-0.1, -0.05) is 18.8 Å². The molecule has 2 rings (SSSR count). The largest absolute Gasteiger partial charge is 0.443 e. The van der Waals surface area contributed by atoms with Crippen LogP contribution in [0.5, 0.6) is 0 Å². The monoisotopic (exact) mass is 319 g/mol. The Morgan fingerprint density at radius 1 is 1.43 bits per heavy atom. The quantitative estimate of drug-likeness (QED) is 0.624. The first-order valence-electron chi connectivity index (χ1n) is 8.19. The van der Waals surface area contributed by atoms with Crippen molar-refractivity contribution in [3.63, 3.8) is 0 Å². The van der Waals surface area contributed by atoms with Crippen LogP contribution < -0.4 is 5.32 Å². The Kier molecular flexibility index (Phi) is 6.26. The summed E-state index contributed by atoms with van der Waals surface area (Å²) in [5.41, 5.74) is -1.09. The SMILES string of the molecule is CC(C)(O)C#Cc1ccc(C(=O)NCCCOC2CCCC2)o1. The molecule has 0 atom stereocenters. The zero-order valence-corrected chi connectivity index (χ0v) is 13.9. The van der Waals surface area contributed by atoms with E-state index in [2.05, 4.69) is 17.2 Å². The fourth-order valence-electron chi connectivity index (χ4n) is 2.41. The van der Waals surface area contributed by atoms with Gasteiger partial charge in [0.15, 0.2) is 11.5 Å². The number of furan rings is 1. The molecule has 0 bridgehead atoms. The maximum atomic E-state index is 11.9. The third kappa shape index (κ3) is 6.47. The van der Waals surface area contributed by atoms with Crippen molar-refractivity contribution in [1.82, 2.24) is 5.32 Å². The lowest BCUT2D eigenvalue weighted by Gasteiger charge is -2.10. The summed E-state index contributed by atoms with van der Waals surface area (Å²) in [6.07, 6.45) is 6.04. The van der Waals surface area contributed by atoms with Gasteiger partial charge in [0.2, 0.25) is 0 Å². The van der Waals surface area contributed by atoms with Gasteiger partial charge >= 0.3 is 0 Å². The average Bonchev–Trinajstić information content (AvgIpc) is 3.15. The van der Waals surface area contributed by atoms with Gasteiger partial charge in [-0.05, 0) is 51.2 Å². The summed E-state index contributed by atoms with van der Waals surface area (Å²) in [5.74, 6) is 5.67. The molecule has 1 aliphatic carbocycles. The second kappa shape index (κ2) is 8.19. The Hall–Kier alpha value is -1.77. The lowest BCUT2D eigenvalue weighted by Crippen LogP contribution is -2.25. The van der Waals surface area contributed by atoms with Crippen LogP contribution >= 0.6 is 0 Å². The molecule has 0 aliphatic heterocycles. The highest BCUT2D eigenvalue weighted by molar-refractivity contribution is 5.91. The predicted molar refractivity (Wildman–Crippen MR) is 87.0 cm³/mol. The summed E-state index contributed by atoms with van der Waals surface area (Å²) < 4.78 is 11.1. The molecular formula is C18H25NO4. The summed E-state index contributed by atoms with van der Waals surface area (Å²) in [5, 5.41) is 12.3. The van der Waals surface area contributed by atoms with Gasteiger partial charge in [-0.2, -0.15) is 0 Å². The molecule has 1 fully saturated rings. The molecule has 126 valence electrons. The van der Waals surface area contributed by atoms with Crippen LogP contribution in [0.15, 0.2) is 16.5 Å².